The number of aromatic amines is 1. The number of Topliss-reactive ketones (excluding diaryl/α,β-unsaturated/α-hetero) is 1. The van der Waals surface area contributed by atoms with Crippen LogP contribution in [0.3, 0.4) is 0 Å². The molecule has 0 amide bonds. The molecule has 30 heavy (non-hydrogen) atoms. The average Bonchev–Trinajstić information content (AvgIpc) is 2.72. The van der Waals surface area contributed by atoms with Crippen molar-refractivity contribution < 1.29 is 22.7 Å². The van der Waals surface area contributed by atoms with Crippen LogP contribution in [0, 0.1) is 0 Å². The molecule has 1 N–H and O–H groups in total. The second-order valence-electron chi connectivity index (χ2n) is 6.83. The predicted octanol–water partition coefficient (Wildman–Crippen LogP) is 4.84. The fourth-order valence-corrected chi connectivity index (χ4v) is 3.12. The van der Waals surface area contributed by atoms with Crippen LogP contribution in [-0.4, -0.2) is 22.9 Å². The molecule has 0 radical (unpaired) electrons. The first-order valence-corrected chi connectivity index (χ1v) is 9.14. The standard InChI is InChI=1S/C22H19F3N2O3/c1-13(16-9-8-15(22(23,24)25)11-19(16)30-2)10-18(28)17-12-20(29)27-21(26-17)14-6-4-3-5-7-14/h3-9,11-13H,10H2,1-2H3,(H,26,27,29)/t13-/m1/s1. The smallest absolute Gasteiger partial charge is 0.416 e. The topological polar surface area (TPSA) is 72.1 Å². The van der Waals surface area contributed by atoms with E-state index in [1.807, 2.05) is 6.07 Å². The van der Waals surface area contributed by atoms with Gasteiger partial charge in [-0.15, -0.1) is 0 Å². The number of nitrogens with zero attached hydrogens (tertiary/aromatic N) is 1. The molecule has 3 rings (SSSR count). The number of nitrogens with one attached hydrogen (secondary N) is 1. The first-order chi connectivity index (χ1) is 14.2. The average molecular weight is 416 g/mol. The number of rotatable bonds is 6. The van der Waals surface area contributed by atoms with E-state index in [4.69, 9.17) is 4.74 Å². The molecule has 1 heterocycles. The quantitative estimate of drug-likeness (QED) is 0.584. The fourth-order valence-electron chi connectivity index (χ4n) is 3.12. The number of carbonyl (C=O) groups excluding carboxylic acids is 1. The van der Waals surface area contributed by atoms with Gasteiger partial charge >= 0.3 is 6.18 Å². The number of hydrogen-bond acceptors (Lipinski definition) is 4. The molecule has 0 aliphatic heterocycles. The number of H-pyrrole nitrogens is 1. The third-order valence-corrected chi connectivity index (χ3v) is 4.66. The lowest BCUT2D eigenvalue weighted by Gasteiger charge is -2.17. The van der Waals surface area contributed by atoms with E-state index in [2.05, 4.69) is 9.97 Å². The SMILES string of the molecule is COc1cc(C(F)(F)F)ccc1[C@H](C)CC(=O)c1cc(=O)[nH]c(-c2ccccc2)n1. The zero-order valence-electron chi connectivity index (χ0n) is 16.3. The summed E-state index contributed by atoms with van der Waals surface area (Å²) in [6, 6.07) is 13.2. The number of hydrogen-bond donors (Lipinski definition) is 1. The molecular weight excluding hydrogens is 397 g/mol. The normalized spacial score (nSPS) is 12.4. The second-order valence-corrected chi connectivity index (χ2v) is 6.83. The Labute approximate surface area is 170 Å². The van der Waals surface area contributed by atoms with E-state index in [1.54, 1.807) is 31.2 Å². The summed E-state index contributed by atoms with van der Waals surface area (Å²) in [5.41, 5.74) is -0.179. The lowest BCUT2D eigenvalue weighted by atomic mass is 9.93. The Bertz CT molecular complexity index is 1110. The summed E-state index contributed by atoms with van der Waals surface area (Å²) >= 11 is 0. The Balaban J connectivity index is 1.86. The highest BCUT2D eigenvalue weighted by molar-refractivity contribution is 5.95. The monoisotopic (exact) mass is 416 g/mol. The molecule has 2 aromatic carbocycles. The fraction of sp³-hybridized carbons (Fsp3) is 0.227. The molecule has 0 unspecified atom stereocenters. The maximum atomic E-state index is 12.9. The van der Waals surface area contributed by atoms with Crippen molar-refractivity contribution in [2.24, 2.45) is 0 Å². The number of aromatic nitrogens is 2. The molecule has 0 bridgehead atoms. The van der Waals surface area contributed by atoms with Crippen LogP contribution in [0.25, 0.3) is 11.4 Å². The summed E-state index contributed by atoms with van der Waals surface area (Å²) in [6.07, 6.45) is -4.54. The van der Waals surface area contributed by atoms with E-state index in [9.17, 15) is 22.8 Å². The van der Waals surface area contributed by atoms with Crippen molar-refractivity contribution >= 4 is 5.78 Å². The summed E-state index contributed by atoms with van der Waals surface area (Å²) in [5.74, 6) is -0.524. The second kappa shape index (κ2) is 8.52. The van der Waals surface area contributed by atoms with Gasteiger partial charge in [0.15, 0.2) is 5.78 Å². The van der Waals surface area contributed by atoms with Crippen molar-refractivity contribution in [1.29, 1.82) is 0 Å². The van der Waals surface area contributed by atoms with Crippen LogP contribution < -0.4 is 10.3 Å². The molecule has 0 saturated carbocycles. The van der Waals surface area contributed by atoms with Crippen molar-refractivity contribution in [3.63, 3.8) is 0 Å². The van der Waals surface area contributed by atoms with E-state index in [1.165, 1.54) is 13.2 Å². The zero-order chi connectivity index (χ0) is 21.9. The van der Waals surface area contributed by atoms with Gasteiger partial charge < -0.3 is 9.72 Å². The maximum Gasteiger partial charge on any atom is 0.416 e. The Kier molecular flexibility index (Phi) is 6.05. The van der Waals surface area contributed by atoms with Gasteiger partial charge in [0.05, 0.1) is 12.7 Å². The molecule has 0 spiro atoms. The van der Waals surface area contributed by atoms with Crippen LogP contribution in [0.1, 0.15) is 40.9 Å². The molecule has 1 atom stereocenters. The third-order valence-electron chi connectivity index (χ3n) is 4.66. The van der Waals surface area contributed by atoms with Gasteiger partial charge in [0.25, 0.3) is 5.56 Å². The van der Waals surface area contributed by atoms with E-state index in [0.29, 0.717) is 11.1 Å². The summed E-state index contributed by atoms with van der Waals surface area (Å²) in [6.45, 7) is 1.70. The molecule has 8 heteroatoms. The van der Waals surface area contributed by atoms with Gasteiger partial charge in [0.1, 0.15) is 17.3 Å². The van der Waals surface area contributed by atoms with Crippen molar-refractivity contribution in [3.8, 4) is 17.1 Å². The van der Waals surface area contributed by atoms with Gasteiger partial charge in [-0.05, 0) is 23.6 Å². The van der Waals surface area contributed by atoms with Crippen molar-refractivity contribution in [2.45, 2.75) is 25.4 Å². The van der Waals surface area contributed by atoms with Crippen LogP contribution in [0.5, 0.6) is 5.75 Å². The molecule has 0 saturated heterocycles. The summed E-state index contributed by atoms with van der Waals surface area (Å²) < 4.78 is 43.9. The molecule has 5 nitrogen and oxygen atoms in total. The Morgan fingerprint density at radius 2 is 1.83 bits per heavy atom. The molecule has 1 aromatic heterocycles. The van der Waals surface area contributed by atoms with Crippen LogP contribution in [0.2, 0.25) is 0 Å². The van der Waals surface area contributed by atoms with Gasteiger partial charge in [-0.3, -0.25) is 9.59 Å². The van der Waals surface area contributed by atoms with E-state index >= 15 is 0 Å². The largest absolute Gasteiger partial charge is 0.496 e. The number of carbonyl (C=O) groups is 1. The molecular formula is C22H19F3N2O3. The summed E-state index contributed by atoms with van der Waals surface area (Å²) in [5, 5.41) is 0. The van der Waals surface area contributed by atoms with E-state index < -0.39 is 29.0 Å². The highest BCUT2D eigenvalue weighted by Crippen LogP contribution is 2.36. The molecule has 0 aliphatic rings. The Hall–Kier alpha value is -3.42. The molecule has 3 aromatic rings. The van der Waals surface area contributed by atoms with Crippen molar-refractivity contribution in [1.82, 2.24) is 9.97 Å². The third kappa shape index (κ3) is 4.76. The van der Waals surface area contributed by atoms with Gasteiger partial charge in [0, 0.05) is 18.1 Å². The van der Waals surface area contributed by atoms with E-state index in [0.717, 1.165) is 18.2 Å². The molecule has 0 fully saturated rings. The van der Waals surface area contributed by atoms with Crippen LogP contribution in [0.15, 0.2) is 59.4 Å². The number of alkyl halides is 3. The molecule has 0 aliphatic carbocycles. The van der Waals surface area contributed by atoms with E-state index in [-0.39, 0.29) is 23.7 Å². The first kappa shape index (κ1) is 21.3. The van der Waals surface area contributed by atoms with Gasteiger partial charge in [-0.2, -0.15) is 13.2 Å². The van der Waals surface area contributed by atoms with Crippen LogP contribution in [-0.2, 0) is 6.18 Å². The lowest BCUT2D eigenvalue weighted by molar-refractivity contribution is -0.137. The number of methoxy groups -OCH3 is 1. The number of halogens is 3. The van der Waals surface area contributed by atoms with Crippen molar-refractivity contribution in [3.05, 3.63) is 81.8 Å². The molecule has 156 valence electrons. The van der Waals surface area contributed by atoms with Crippen LogP contribution >= 0.6 is 0 Å². The number of benzene rings is 2. The maximum absolute atomic E-state index is 12.9. The van der Waals surface area contributed by atoms with Crippen molar-refractivity contribution in [2.75, 3.05) is 7.11 Å². The first-order valence-electron chi connectivity index (χ1n) is 9.14. The number of ether oxygens (including phenoxy) is 1. The zero-order valence-corrected chi connectivity index (χ0v) is 16.3. The highest BCUT2D eigenvalue weighted by atomic mass is 19.4. The van der Waals surface area contributed by atoms with Crippen LogP contribution in [0.4, 0.5) is 13.2 Å². The lowest BCUT2D eigenvalue weighted by Crippen LogP contribution is -2.15. The van der Waals surface area contributed by atoms with Gasteiger partial charge in [0.2, 0.25) is 0 Å². The summed E-state index contributed by atoms with van der Waals surface area (Å²) in [7, 11) is 1.28. The minimum absolute atomic E-state index is 0.00432. The van der Waals surface area contributed by atoms with Gasteiger partial charge in [-0.1, -0.05) is 43.3 Å². The minimum Gasteiger partial charge on any atom is -0.496 e. The Morgan fingerprint density at radius 3 is 2.47 bits per heavy atom. The number of ketones is 1. The minimum atomic E-state index is -4.49. The summed E-state index contributed by atoms with van der Waals surface area (Å²) in [4.78, 5) is 31.6. The van der Waals surface area contributed by atoms with Gasteiger partial charge in [-0.25, -0.2) is 4.98 Å². The predicted molar refractivity (Wildman–Crippen MR) is 106 cm³/mol. The highest BCUT2D eigenvalue weighted by Gasteiger charge is 2.32. The Morgan fingerprint density at radius 1 is 1.13 bits per heavy atom.